The number of benzene rings is 1. The van der Waals surface area contributed by atoms with Gasteiger partial charge in [-0.15, -0.1) is 11.8 Å². The van der Waals surface area contributed by atoms with E-state index < -0.39 is 0 Å². The van der Waals surface area contributed by atoms with Crippen LogP contribution in [0, 0.1) is 0 Å². The van der Waals surface area contributed by atoms with Crippen LogP contribution in [0.25, 0.3) is 0 Å². The van der Waals surface area contributed by atoms with Crippen molar-refractivity contribution >= 4 is 44.6 Å². The smallest absolute Gasteiger partial charge is 0.186 e. The molecule has 0 radical (unpaired) electrons. The molecule has 76 valence electrons. The van der Waals surface area contributed by atoms with Crippen LogP contribution < -0.4 is 0 Å². The molecular weight excluding hydrogens is 280 g/mol. The fourth-order valence-corrected chi connectivity index (χ4v) is 2.86. The van der Waals surface area contributed by atoms with Gasteiger partial charge in [0, 0.05) is 22.0 Å². The molecule has 0 amide bonds. The van der Waals surface area contributed by atoms with Crippen molar-refractivity contribution in [3.05, 3.63) is 28.2 Å². The molecular formula is C10H11BrOS2. The predicted molar refractivity (Wildman–Crippen MR) is 67.9 cm³/mol. The van der Waals surface area contributed by atoms with Gasteiger partial charge in [0.05, 0.1) is 0 Å². The molecule has 0 unspecified atom stereocenters. The van der Waals surface area contributed by atoms with Gasteiger partial charge in [0.2, 0.25) is 0 Å². The molecule has 1 aromatic rings. The number of halogens is 1. The summed E-state index contributed by atoms with van der Waals surface area (Å²) < 4.78 is 1.08. The van der Waals surface area contributed by atoms with Crippen LogP contribution in [-0.2, 0) is 10.5 Å². The zero-order valence-electron chi connectivity index (χ0n) is 8.04. The molecule has 0 aliphatic rings. The van der Waals surface area contributed by atoms with E-state index in [9.17, 15) is 4.79 Å². The second-order valence-corrected chi connectivity index (χ2v) is 5.62. The fourth-order valence-electron chi connectivity index (χ4n) is 0.951. The molecule has 1 rings (SSSR count). The highest BCUT2D eigenvalue weighted by atomic mass is 79.9. The fraction of sp³-hybridized carbons (Fsp3) is 0.300. The maximum Gasteiger partial charge on any atom is 0.186 e. The van der Waals surface area contributed by atoms with Crippen molar-refractivity contribution in [3.8, 4) is 0 Å². The Bertz CT molecular complexity index is 339. The Balaban J connectivity index is 2.73. The summed E-state index contributed by atoms with van der Waals surface area (Å²) in [5.74, 6) is 0.741. The van der Waals surface area contributed by atoms with Gasteiger partial charge in [0.25, 0.3) is 0 Å². The van der Waals surface area contributed by atoms with Crippen molar-refractivity contribution in [1.82, 2.24) is 0 Å². The van der Waals surface area contributed by atoms with Crippen molar-refractivity contribution in [2.75, 3.05) is 6.26 Å². The standard InChI is InChI=1S/C10H11BrOS2/c1-7(12)14-6-8-3-4-9(13-2)5-10(8)11/h3-5H,6H2,1-2H3. The second-order valence-electron chi connectivity index (χ2n) is 2.74. The second kappa shape index (κ2) is 5.83. The van der Waals surface area contributed by atoms with Crippen LogP contribution in [0.2, 0.25) is 0 Å². The molecule has 0 N–H and O–H groups in total. The van der Waals surface area contributed by atoms with E-state index in [0.717, 1.165) is 10.2 Å². The maximum absolute atomic E-state index is 10.8. The van der Waals surface area contributed by atoms with Gasteiger partial charge >= 0.3 is 0 Å². The van der Waals surface area contributed by atoms with E-state index in [-0.39, 0.29) is 5.12 Å². The van der Waals surface area contributed by atoms with Gasteiger partial charge in [0.1, 0.15) is 0 Å². The van der Waals surface area contributed by atoms with Crippen LogP contribution in [0.5, 0.6) is 0 Å². The number of thioether (sulfide) groups is 2. The first kappa shape index (κ1) is 12.1. The number of carbonyl (C=O) groups excluding carboxylic acids is 1. The third-order valence-electron chi connectivity index (χ3n) is 1.69. The molecule has 1 nitrogen and oxygen atoms in total. The molecule has 4 heteroatoms. The van der Waals surface area contributed by atoms with E-state index in [1.54, 1.807) is 18.7 Å². The van der Waals surface area contributed by atoms with E-state index in [4.69, 9.17) is 0 Å². The van der Waals surface area contributed by atoms with Gasteiger partial charge in [0.15, 0.2) is 5.12 Å². The Hall–Kier alpha value is 0.0700. The lowest BCUT2D eigenvalue weighted by atomic mass is 10.2. The Kier molecular flexibility index (Phi) is 5.06. The van der Waals surface area contributed by atoms with E-state index in [1.165, 1.54) is 22.2 Å². The zero-order valence-corrected chi connectivity index (χ0v) is 11.3. The van der Waals surface area contributed by atoms with Gasteiger partial charge in [-0.2, -0.15) is 0 Å². The summed E-state index contributed by atoms with van der Waals surface area (Å²) in [5.41, 5.74) is 1.17. The molecule has 0 aliphatic carbocycles. The summed E-state index contributed by atoms with van der Waals surface area (Å²) in [7, 11) is 0. The highest BCUT2D eigenvalue weighted by Gasteiger charge is 2.02. The lowest BCUT2D eigenvalue weighted by Gasteiger charge is -2.04. The Morgan fingerprint density at radius 3 is 2.71 bits per heavy atom. The SMILES string of the molecule is CSc1ccc(CSC(C)=O)c(Br)c1. The van der Waals surface area contributed by atoms with Crippen molar-refractivity contribution in [3.63, 3.8) is 0 Å². The summed E-state index contributed by atoms with van der Waals surface area (Å²) in [6, 6.07) is 6.22. The largest absolute Gasteiger partial charge is 0.288 e. The monoisotopic (exact) mass is 290 g/mol. The number of hydrogen-bond donors (Lipinski definition) is 0. The average Bonchev–Trinajstić information content (AvgIpc) is 2.15. The predicted octanol–water partition coefficient (Wildman–Crippen LogP) is 3.95. The van der Waals surface area contributed by atoms with E-state index in [1.807, 2.05) is 6.26 Å². The Morgan fingerprint density at radius 2 is 2.21 bits per heavy atom. The van der Waals surface area contributed by atoms with E-state index >= 15 is 0 Å². The van der Waals surface area contributed by atoms with Gasteiger partial charge < -0.3 is 0 Å². The highest BCUT2D eigenvalue weighted by Crippen LogP contribution is 2.26. The number of hydrogen-bond acceptors (Lipinski definition) is 3. The van der Waals surface area contributed by atoms with Crippen molar-refractivity contribution in [2.24, 2.45) is 0 Å². The maximum atomic E-state index is 10.8. The number of carbonyl (C=O) groups is 1. The van der Waals surface area contributed by atoms with E-state index in [0.29, 0.717) is 0 Å². The number of rotatable bonds is 3. The third kappa shape index (κ3) is 3.67. The first-order valence-electron chi connectivity index (χ1n) is 4.09. The van der Waals surface area contributed by atoms with Gasteiger partial charge in [-0.1, -0.05) is 33.8 Å². The van der Waals surface area contributed by atoms with Crippen molar-refractivity contribution in [1.29, 1.82) is 0 Å². The average molecular weight is 291 g/mol. The molecule has 0 aliphatic heterocycles. The molecule has 0 atom stereocenters. The molecule has 0 bridgehead atoms. The van der Waals surface area contributed by atoms with Crippen LogP contribution in [-0.4, -0.2) is 11.4 Å². The molecule has 0 saturated carbocycles. The van der Waals surface area contributed by atoms with Crippen molar-refractivity contribution in [2.45, 2.75) is 17.6 Å². The minimum atomic E-state index is 0.158. The summed E-state index contributed by atoms with van der Waals surface area (Å²) in [6.07, 6.45) is 2.05. The van der Waals surface area contributed by atoms with Gasteiger partial charge in [-0.3, -0.25) is 4.79 Å². The molecule has 0 saturated heterocycles. The highest BCUT2D eigenvalue weighted by molar-refractivity contribution is 9.10. The zero-order chi connectivity index (χ0) is 10.6. The van der Waals surface area contributed by atoms with Crippen LogP contribution >= 0.6 is 39.5 Å². The summed E-state index contributed by atoms with van der Waals surface area (Å²) in [5, 5.41) is 0.158. The van der Waals surface area contributed by atoms with Crippen LogP contribution in [0.4, 0.5) is 0 Å². The van der Waals surface area contributed by atoms with E-state index in [2.05, 4.69) is 34.1 Å². The first-order chi connectivity index (χ1) is 6.63. The summed E-state index contributed by atoms with van der Waals surface area (Å²) in [6.45, 7) is 1.59. The quantitative estimate of drug-likeness (QED) is 0.785. The lowest BCUT2D eigenvalue weighted by molar-refractivity contribution is -0.109. The normalized spacial score (nSPS) is 10.2. The third-order valence-corrected chi connectivity index (χ3v) is 4.02. The lowest BCUT2D eigenvalue weighted by Crippen LogP contribution is -1.87. The topological polar surface area (TPSA) is 17.1 Å². The molecule has 1 aromatic carbocycles. The minimum Gasteiger partial charge on any atom is -0.288 e. The molecule has 0 heterocycles. The summed E-state index contributed by atoms with van der Waals surface area (Å²) >= 11 is 6.55. The summed E-state index contributed by atoms with van der Waals surface area (Å²) in [4.78, 5) is 12.0. The Morgan fingerprint density at radius 1 is 1.50 bits per heavy atom. The molecule has 0 aromatic heterocycles. The first-order valence-corrected chi connectivity index (χ1v) is 7.09. The molecule has 0 fully saturated rings. The molecule has 14 heavy (non-hydrogen) atoms. The van der Waals surface area contributed by atoms with Crippen LogP contribution in [0.3, 0.4) is 0 Å². The van der Waals surface area contributed by atoms with Gasteiger partial charge in [-0.25, -0.2) is 0 Å². The van der Waals surface area contributed by atoms with Crippen LogP contribution in [0.15, 0.2) is 27.6 Å². The Labute approximate surface area is 101 Å². The molecule has 0 spiro atoms. The van der Waals surface area contributed by atoms with Crippen LogP contribution in [0.1, 0.15) is 12.5 Å². The minimum absolute atomic E-state index is 0.158. The van der Waals surface area contributed by atoms with Crippen molar-refractivity contribution < 1.29 is 4.79 Å². The van der Waals surface area contributed by atoms with Gasteiger partial charge in [-0.05, 0) is 24.0 Å².